The number of benzene rings is 3. The first kappa shape index (κ1) is 23.5. The Hall–Kier alpha value is -3.27. The summed E-state index contributed by atoms with van der Waals surface area (Å²) in [6.45, 7) is 2.29. The van der Waals surface area contributed by atoms with Crippen LogP contribution in [0.1, 0.15) is 39.6 Å². The Morgan fingerprint density at radius 3 is 2.54 bits per heavy atom. The Morgan fingerprint density at radius 1 is 1.03 bits per heavy atom. The van der Waals surface area contributed by atoms with Gasteiger partial charge in [-0.25, -0.2) is 4.79 Å². The minimum Gasteiger partial charge on any atom is -0.478 e. The van der Waals surface area contributed by atoms with Gasteiger partial charge in [0.05, 0.1) is 12.1 Å². The van der Waals surface area contributed by atoms with Gasteiger partial charge in [-0.15, -0.1) is 15.7 Å². The highest BCUT2D eigenvalue weighted by Gasteiger charge is 2.23. The van der Waals surface area contributed by atoms with Crippen molar-refractivity contribution in [2.24, 2.45) is 4.40 Å². The molecule has 3 aromatic carbocycles. The second kappa shape index (κ2) is 9.77. The van der Waals surface area contributed by atoms with E-state index in [9.17, 15) is 18.3 Å². The monoisotopic (exact) mass is 507 g/mol. The molecule has 1 aliphatic heterocycles. The minimum absolute atomic E-state index is 0.285. The number of piperidine rings is 1. The Morgan fingerprint density at radius 2 is 1.74 bits per heavy atom. The van der Waals surface area contributed by atoms with Gasteiger partial charge in [-0.05, 0) is 60.3 Å². The van der Waals surface area contributed by atoms with Crippen molar-refractivity contribution in [3.63, 3.8) is 0 Å². The Bertz CT molecular complexity index is 1560. The van der Waals surface area contributed by atoms with E-state index in [1.165, 1.54) is 35.6 Å². The minimum atomic E-state index is -4.24. The normalized spacial score (nSPS) is 15.5. The van der Waals surface area contributed by atoms with Crippen LogP contribution in [0.5, 0.6) is 0 Å². The summed E-state index contributed by atoms with van der Waals surface area (Å²) >= 11 is 1.37. The predicted octanol–water partition coefficient (Wildman–Crippen LogP) is 4.21. The Labute approximate surface area is 207 Å². The highest BCUT2D eigenvalue weighted by molar-refractivity contribution is 7.90. The Balaban J connectivity index is 1.64. The van der Waals surface area contributed by atoms with Crippen LogP contribution < -0.4 is 10.1 Å². The molecule has 4 aromatic rings. The molecule has 35 heavy (non-hydrogen) atoms. The van der Waals surface area contributed by atoms with Gasteiger partial charge in [0.1, 0.15) is 4.90 Å². The molecule has 0 spiro atoms. The van der Waals surface area contributed by atoms with Crippen molar-refractivity contribution in [2.45, 2.75) is 30.2 Å². The molecule has 1 fully saturated rings. The quantitative estimate of drug-likeness (QED) is 0.407. The van der Waals surface area contributed by atoms with Gasteiger partial charge >= 0.3 is 5.97 Å². The number of hydrogen-bond donors (Lipinski definition) is 2. The lowest BCUT2D eigenvalue weighted by Crippen LogP contribution is -2.26. The molecule has 1 saturated heterocycles. The molecular weight excluding hydrogens is 482 g/mol. The molecule has 0 atom stereocenters. The third-order valence-electron chi connectivity index (χ3n) is 6.29. The van der Waals surface area contributed by atoms with E-state index >= 15 is 0 Å². The van der Waals surface area contributed by atoms with Gasteiger partial charge in [0, 0.05) is 11.1 Å². The summed E-state index contributed by atoms with van der Waals surface area (Å²) in [5.74, 6) is -0.970. The summed E-state index contributed by atoms with van der Waals surface area (Å²) < 4.78 is 32.6. The average Bonchev–Trinajstić information content (AvgIpc) is 3.26. The van der Waals surface area contributed by atoms with Crippen LogP contribution in [0, 0.1) is 0 Å². The lowest BCUT2D eigenvalue weighted by molar-refractivity contribution is 0.0692. The number of carboxylic acid groups (broad SMARTS) is 1. The van der Waals surface area contributed by atoms with Crippen LogP contribution in [0.3, 0.4) is 0 Å². The number of aromatic carboxylic acids is 1. The third-order valence-corrected chi connectivity index (χ3v) is 8.92. The van der Waals surface area contributed by atoms with Gasteiger partial charge in [-0.2, -0.15) is 8.42 Å². The fourth-order valence-corrected chi connectivity index (χ4v) is 7.08. The fourth-order valence-electron chi connectivity index (χ4n) is 4.51. The maximum absolute atomic E-state index is 13.3. The van der Waals surface area contributed by atoms with Crippen molar-refractivity contribution < 1.29 is 18.3 Å². The largest absolute Gasteiger partial charge is 0.478 e. The predicted molar refractivity (Wildman–Crippen MR) is 136 cm³/mol. The molecule has 2 N–H and O–H groups in total. The van der Waals surface area contributed by atoms with Crippen molar-refractivity contribution in [1.29, 1.82) is 0 Å². The molecule has 2 heterocycles. The van der Waals surface area contributed by atoms with Gasteiger partial charge in [0.25, 0.3) is 10.0 Å². The van der Waals surface area contributed by atoms with E-state index in [0.717, 1.165) is 47.1 Å². The molecule has 5 rings (SSSR count). The van der Waals surface area contributed by atoms with Crippen molar-refractivity contribution in [3.8, 4) is 0 Å². The molecule has 0 unspecified atom stereocenters. The van der Waals surface area contributed by atoms with Crippen LogP contribution in [-0.2, 0) is 16.6 Å². The van der Waals surface area contributed by atoms with E-state index in [1.54, 1.807) is 0 Å². The summed E-state index contributed by atoms with van der Waals surface area (Å²) in [7, 11) is -4.24. The second-order valence-corrected chi connectivity index (χ2v) is 11.2. The van der Waals surface area contributed by atoms with Gasteiger partial charge in [0.2, 0.25) is 4.80 Å². The molecular formula is C26H25N3O4S2. The maximum Gasteiger partial charge on any atom is 0.337 e. The molecule has 9 heteroatoms. The van der Waals surface area contributed by atoms with E-state index in [-0.39, 0.29) is 10.5 Å². The first-order valence-electron chi connectivity index (χ1n) is 11.4. The zero-order chi connectivity index (χ0) is 24.4. The molecule has 1 aromatic heterocycles. The van der Waals surface area contributed by atoms with Crippen LogP contribution >= 0.6 is 11.3 Å². The van der Waals surface area contributed by atoms with Crippen molar-refractivity contribution in [1.82, 2.24) is 9.88 Å². The average molecular weight is 508 g/mol. The number of nitrogens with one attached hydrogen (secondary N) is 1. The van der Waals surface area contributed by atoms with E-state index < -0.39 is 16.0 Å². The summed E-state index contributed by atoms with van der Waals surface area (Å²) in [5.41, 5.74) is 0.773. The summed E-state index contributed by atoms with van der Waals surface area (Å²) in [6, 6.07) is 19.8. The van der Waals surface area contributed by atoms with Crippen molar-refractivity contribution in [2.75, 3.05) is 13.1 Å². The smallest absolute Gasteiger partial charge is 0.337 e. The SMILES string of the molecule is O=C(O)c1ccccc1S(=O)(=O)N=c1sc(C2CCNCC2)cn1Cc1cccc2ccccc12. The lowest BCUT2D eigenvalue weighted by atomic mass is 9.97. The highest BCUT2D eigenvalue weighted by Crippen LogP contribution is 2.28. The molecule has 0 saturated carbocycles. The van der Waals surface area contributed by atoms with Crippen molar-refractivity contribution >= 4 is 38.1 Å². The van der Waals surface area contributed by atoms with Gasteiger partial charge in [0.15, 0.2) is 0 Å². The standard InChI is InChI=1S/C26H25N3O4S2/c30-25(31)22-10-3-4-11-24(22)35(32,33)28-26-29(17-23(34-26)19-12-14-27-15-13-19)16-20-8-5-7-18-6-1-2-9-21(18)20/h1-11,17,19,27H,12-16H2,(H,30,31). The number of sulfonamides is 1. The van der Waals surface area contributed by atoms with E-state index in [4.69, 9.17) is 0 Å². The number of carbonyl (C=O) groups is 1. The van der Waals surface area contributed by atoms with Crippen LogP contribution in [-0.4, -0.2) is 37.2 Å². The molecule has 1 aliphatic rings. The highest BCUT2D eigenvalue weighted by atomic mass is 32.2. The topological polar surface area (TPSA) is 101 Å². The zero-order valence-corrected chi connectivity index (χ0v) is 20.6. The number of carboxylic acids is 1. The zero-order valence-electron chi connectivity index (χ0n) is 18.9. The van der Waals surface area contributed by atoms with Crippen LogP contribution in [0.15, 0.2) is 82.2 Å². The van der Waals surface area contributed by atoms with E-state index in [2.05, 4.69) is 27.9 Å². The van der Waals surface area contributed by atoms with Gasteiger partial charge in [-0.1, -0.05) is 54.6 Å². The van der Waals surface area contributed by atoms with Crippen LogP contribution in [0.4, 0.5) is 0 Å². The molecule has 7 nitrogen and oxygen atoms in total. The number of aromatic nitrogens is 1. The van der Waals surface area contributed by atoms with Crippen LogP contribution in [0.25, 0.3) is 10.8 Å². The molecule has 0 bridgehead atoms. The Kier molecular flexibility index (Phi) is 6.55. The number of thiazole rings is 1. The van der Waals surface area contributed by atoms with E-state index in [1.807, 2.05) is 35.0 Å². The third kappa shape index (κ3) is 4.93. The van der Waals surface area contributed by atoms with Gasteiger partial charge < -0.3 is 15.0 Å². The second-order valence-electron chi connectivity index (χ2n) is 8.57. The summed E-state index contributed by atoms with van der Waals surface area (Å²) in [5, 5.41) is 15.1. The molecule has 0 radical (unpaired) electrons. The number of hydrogen-bond acceptors (Lipinski definition) is 5. The van der Waals surface area contributed by atoms with Crippen molar-refractivity contribution in [3.05, 3.63) is 93.7 Å². The molecule has 180 valence electrons. The fraction of sp³-hybridized carbons (Fsp3) is 0.231. The van der Waals surface area contributed by atoms with E-state index in [0.29, 0.717) is 17.3 Å². The summed E-state index contributed by atoms with van der Waals surface area (Å²) in [6.07, 6.45) is 3.96. The number of fused-ring (bicyclic) bond motifs is 1. The lowest BCUT2D eigenvalue weighted by Gasteiger charge is -2.20. The number of nitrogens with zero attached hydrogens (tertiary/aromatic N) is 2. The first-order chi connectivity index (χ1) is 16.9. The number of rotatable bonds is 6. The van der Waals surface area contributed by atoms with Crippen LogP contribution in [0.2, 0.25) is 0 Å². The summed E-state index contributed by atoms with van der Waals surface area (Å²) in [4.78, 5) is 12.8. The molecule has 0 aliphatic carbocycles. The maximum atomic E-state index is 13.3. The molecule has 0 amide bonds. The van der Waals surface area contributed by atoms with Gasteiger partial charge in [-0.3, -0.25) is 0 Å². The first-order valence-corrected chi connectivity index (χ1v) is 13.7.